The van der Waals surface area contributed by atoms with Crippen molar-refractivity contribution in [3.63, 3.8) is 0 Å². The summed E-state index contributed by atoms with van der Waals surface area (Å²) in [5.74, 6) is -0.592. The van der Waals surface area contributed by atoms with Crippen molar-refractivity contribution in [3.05, 3.63) is 90.5 Å². The Morgan fingerprint density at radius 3 is 2.03 bits per heavy atom. The van der Waals surface area contributed by atoms with Crippen LogP contribution in [0.4, 0.5) is 11.4 Å². The fourth-order valence-corrected chi connectivity index (χ4v) is 4.19. The molecule has 0 bridgehead atoms. The molecule has 2 aliphatic heterocycles. The molecule has 5 rings (SSSR count). The molecule has 0 aliphatic carbocycles. The lowest BCUT2D eigenvalue weighted by Crippen LogP contribution is -2.37. The molecule has 2 fully saturated rings. The molecule has 0 radical (unpaired) electrons. The average Bonchev–Trinajstić information content (AvgIpc) is 3.31. The second-order valence-electron chi connectivity index (χ2n) is 7.28. The van der Waals surface area contributed by atoms with E-state index in [1.54, 1.807) is 36.4 Å². The molecule has 0 unspecified atom stereocenters. The molecule has 6 heteroatoms. The third-order valence-electron chi connectivity index (χ3n) is 5.60. The highest BCUT2D eigenvalue weighted by atomic mass is 16.7. The lowest BCUT2D eigenvalue weighted by Gasteiger charge is -2.28. The van der Waals surface area contributed by atoms with E-state index in [1.807, 2.05) is 60.7 Å². The number of para-hydroxylation sites is 1. The van der Waals surface area contributed by atoms with Crippen LogP contribution in [0.25, 0.3) is 0 Å². The lowest BCUT2D eigenvalue weighted by molar-refractivity contribution is -0.126. The van der Waals surface area contributed by atoms with Gasteiger partial charge in [0.05, 0.1) is 24.5 Å². The second kappa shape index (κ2) is 7.31. The van der Waals surface area contributed by atoms with Crippen LogP contribution < -0.4 is 14.7 Å². The summed E-state index contributed by atoms with van der Waals surface area (Å²) in [6.45, 7) is 0. The topological polar surface area (TPSA) is 59.1 Å². The molecule has 0 spiro atoms. The van der Waals surface area contributed by atoms with Gasteiger partial charge in [-0.1, -0.05) is 48.5 Å². The zero-order valence-corrected chi connectivity index (χ0v) is 16.3. The van der Waals surface area contributed by atoms with Gasteiger partial charge in [-0.05, 0) is 42.0 Å². The number of hydrogen-bond donors (Lipinski definition) is 0. The summed E-state index contributed by atoms with van der Waals surface area (Å²) >= 11 is 0. The molecule has 3 aromatic carbocycles. The van der Waals surface area contributed by atoms with E-state index in [0.717, 1.165) is 11.3 Å². The maximum absolute atomic E-state index is 13.5. The molecule has 3 atom stereocenters. The molecule has 2 saturated heterocycles. The van der Waals surface area contributed by atoms with Crippen molar-refractivity contribution in [3.8, 4) is 5.75 Å². The molecule has 3 aromatic rings. The highest BCUT2D eigenvalue weighted by Crippen LogP contribution is 2.47. The number of imide groups is 1. The molecule has 2 amide bonds. The number of fused-ring (bicyclic) bond motifs is 1. The van der Waals surface area contributed by atoms with Gasteiger partial charge in [-0.15, -0.1) is 0 Å². The monoisotopic (exact) mass is 400 g/mol. The summed E-state index contributed by atoms with van der Waals surface area (Å²) in [5, 5.41) is 1.70. The summed E-state index contributed by atoms with van der Waals surface area (Å²) < 4.78 is 5.18. The van der Waals surface area contributed by atoms with Crippen LogP contribution in [-0.4, -0.2) is 25.0 Å². The minimum atomic E-state index is -0.870. The number of rotatable bonds is 4. The summed E-state index contributed by atoms with van der Waals surface area (Å²) in [4.78, 5) is 34.1. The molecular weight excluding hydrogens is 380 g/mol. The third-order valence-corrected chi connectivity index (χ3v) is 5.60. The van der Waals surface area contributed by atoms with Gasteiger partial charge in [-0.25, -0.2) is 9.96 Å². The van der Waals surface area contributed by atoms with Gasteiger partial charge in [0.25, 0.3) is 5.91 Å². The van der Waals surface area contributed by atoms with Crippen molar-refractivity contribution in [1.29, 1.82) is 0 Å². The SMILES string of the molecule is COc1ccc(N2C(=O)[C@@H]3[C@H](ON(c4ccccc4)[C@@H]3c3ccccc3)C2=O)cc1. The first-order chi connectivity index (χ1) is 14.7. The summed E-state index contributed by atoms with van der Waals surface area (Å²) in [5.41, 5.74) is 2.24. The van der Waals surface area contributed by atoms with E-state index in [9.17, 15) is 9.59 Å². The van der Waals surface area contributed by atoms with Crippen molar-refractivity contribution in [1.82, 2.24) is 0 Å². The minimum Gasteiger partial charge on any atom is -0.497 e. The number of carbonyl (C=O) groups excluding carboxylic acids is 2. The Morgan fingerprint density at radius 1 is 0.767 bits per heavy atom. The molecule has 0 saturated carbocycles. The molecular formula is C24H20N2O4. The number of methoxy groups -OCH3 is 1. The van der Waals surface area contributed by atoms with Crippen LogP contribution in [0.1, 0.15) is 11.6 Å². The normalized spacial score (nSPS) is 23.0. The summed E-state index contributed by atoms with van der Waals surface area (Å²) in [6, 6.07) is 25.7. The van der Waals surface area contributed by atoms with Crippen molar-refractivity contribution in [2.24, 2.45) is 5.92 Å². The smallest absolute Gasteiger partial charge is 0.266 e. The average molecular weight is 400 g/mol. The number of amides is 2. The van der Waals surface area contributed by atoms with Crippen LogP contribution in [0.5, 0.6) is 5.75 Å². The number of anilines is 2. The van der Waals surface area contributed by atoms with E-state index < -0.39 is 18.1 Å². The quantitative estimate of drug-likeness (QED) is 0.625. The number of nitrogens with zero attached hydrogens (tertiary/aromatic N) is 2. The highest BCUT2D eigenvalue weighted by Gasteiger charge is 2.60. The van der Waals surface area contributed by atoms with Gasteiger partial charge in [0.2, 0.25) is 5.91 Å². The largest absolute Gasteiger partial charge is 0.497 e. The number of benzene rings is 3. The van der Waals surface area contributed by atoms with Crippen molar-refractivity contribution < 1.29 is 19.2 Å². The van der Waals surface area contributed by atoms with Crippen molar-refractivity contribution >= 4 is 23.2 Å². The standard InChI is InChI=1S/C24H20N2O4/c1-29-19-14-12-17(13-15-19)25-23(27)20-21(16-8-4-2-5-9-16)26(30-22(20)24(25)28)18-10-6-3-7-11-18/h2-15,20-22H,1H3/t20-,21+,22-/m0/s1. The first kappa shape index (κ1) is 18.4. The second-order valence-corrected chi connectivity index (χ2v) is 7.28. The lowest BCUT2D eigenvalue weighted by atomic mass is 9.90. The van der Waals surface area contributed by atoms with Gasteiger partial charge >= 0.3 is 0 Å². The first-order valence-corrected chi connectivity index (χ1v) is 9.77. The van der Waals surface area contributed by atoms with Crippen molar-refractivity contribution in [2.45, 2.75) is 12.1 Å². The summed E-state index contributed by atoms with van der Waals surface area (Å²) in [7, 11) is 1.57. The predicted molar refractivity (Wildman–Crippen MR) is 112 cm³/mol. The van der Waals surface area contributed by atoms with Gasteiger partial charge < -0.3 is 4.74 Å². The Kier molecular flexibility index (Phi) is 4.48. The van der Waals surface area contributed by atoms with Crippen LogP contribution in [0.15, 0.2) is 84.9 Å². The predicted octanol–water partition coefficient (Wildman–Crippen LogP) is 3.75. The van der Waals surface area contributed by atoms with E-state index >= 15 is 0 Å². The Bertz CT molecular complexity index is 1070. The number of carbonyl (C=O) groups is 2. The van der Waals surface area contributed by atoms with Gasteiger partial charge in [0, 0.05) is 0 Å². The number of ether oxygens (including phenoxy) is 1. The highest BCUT2D eigenvalue weighted by molar-refractivity contribution is 6.23. The van der Waals surface area contributed by atoms with Crippen LogP contribution >= 0.6 is 0 Å². The van der Waals surface area contributed by atoms with Crippen LogP contribution in [-0.2, 0) is 14.4 Å². The molecule has 6 nitrogen and oxygen atoms in total. The van der Waals surface area contributed by atoms with Gasteiger partial charge in [0.15, 0.2) is 6.10 Å². The van der Waals surface area contributed by atoms with Crippen LogP contribution in [0.3, 0.4) is 0 Å². The Hall–Kier alpha value is -3.64. The summed E-state index contributed by atoms with van der Waals surface area (Å²) in [6.07, 6.45) is -0.870. The zero-order chi connectivity index (χ0) is 20.7. The van der Waals surface area contributed by atoms with E-state index in [1.165, 1.54) is 4.90 Å². The van der Waals surface area contributed by atoms with Crippen molar-refractivity contribution in [2.75, 3.05) is 17.1 Å². The third kappa shape index (κ3) is 2.84. The van der Waals surface area contributed by atoms with Gasteiger partial charge in [0.1, 0.15) is 11.7 Å². The van der Waals surface area contributed by atoms with E-state index in [-0.39, 0.29) is 11.8 Å². The van der Waals surface area contributed by atoms with Crippen LogP contribution in [0, 0.1) is 5.92 Å². The molecule has 2 aliphatic rings. The molecule has 30 heavy (non-hydrogen) atoms. The van der Waals surface area contributed by atoms with E-state index in [0.29, 0.717) is 11.4 Å². The van der Waals surface area contributed by atoms with Gasteiger partial charge in [-0.2, -0.15) is 0 Å². The molecule has 0 aromatic heterocycles. The van der Waals surface area contributed by atoms with E-state index in [2.05, 4.69) is 0 Å². The van der Waals surface area contributed by atoms with Gasteiger partial charge in [-0.3, -0.25) is 14.4 Å². The Labute approximate surface area is 174 Å². The zero-order valence-electron chi connectivity index (χ0n) is 16.3. The maximum Gasteiger partial charge on any atom is 0.266 e. The molecule has 2 heterocycles. The van der Waals surface area contributed by atoms with Crippen LogP contribution in [0.2, 0.25) is 0 Å². The Balaban J connectivity index is 1.55. The number of hydrogen-bond acceptors (Lipinski definition) is 5. The fourth-order valence-electron chi connectivity index (χ4n) is 4.19. The molecule has 150 valence electrons. The Morgan fingerprint density at radius 2 is 1.40 bits per heavy atom. The molecule has 0 N–H and O–H groups in total. The van der Waals surface area contributed by atoms with E-state index in [4.69, 9.17) is 9.57 Å². The fraction of sp³-hybridized carbons (Fsp3) is 0.167. The number of hydroxylamine groups is 1. The maximum atomic E-state index is 13.5. The first-order valence-electron chi connectivity index (χ1n) is 9.77. The minimum absolute atomic E-state index is 0.262.